The van der Waals surface area contributed by atoms with Gasteiger partial charge in [-0.25, -0.2) is 0 Å². The fourth-order valence-corrected chi connectivity index (χ4v) is 4.62. The van der Waals surface area contributed by atoms with Gasteiger partial charge in [0.05, 0.1) is 13.2 Å². The van der Waals surface area contributed by atoms with E-state index in [1.165, 1.54) is 25.7 Å². The fourth-order valence-electron chi connectivity index (χ4n) is 4.62. The zero-order valence-corrected chi connectivity index (χ0v) is 16.5. The summed E-state index contributed by atoms with van der Waals surface area (Å²) in [6, 6.07) is 7.23. The molecule has 0 aliphatic heterocycles. The zero-order valence-electron chi connectivity index (χ0n) is 16.5. The Balaban J connectivity index is 1.39. The Hall–Kier alpha value is -2.04. The minimum atomic E-state index is -0.238. The first-order chi connectivity index (χ1) is 13.1. The summed E-state index contributed by atoms with van der Waals surface area (Å²) in [6.45, 7) is 4.91. The molecule has 5 nitrogen and oxygen atoms in total. The summed E-state index contributed by atoms with van der Waals surface area (Å²) in [4.78, 5) is 24.4. The second kappa shape index (κ2) is 9.25. The molecule has 0 saturated heterocycles. The summed E-state index contributed by atoms with van der Waals surface area (Å²) in [5.41, 5.74) is 0.534. The van der Waals surface area contributed by atoms with Crippen LogP contribution in [0.1, 0.15) is 62.7 Å². The molecule has 1 aromatic carbocycles. The van der Waals surface area contributed by atoms with Crippen LogP contribution in [-0.4, -0.2) is 31.0 Å². The second-order valence-electron chi connectivity index (χ2n) is 8.10. The van der Waals surface area contributed by atoms with Crippen molar-refractivity contribution in [2.45, 2.75) is 58.4 Å². The Labute approximate surface area is 162 Å². The van der Waals surface area contributed by atoms with E-state index in [-0.39, 0.29) is 24.4 Å². The van der Waals surface area contributed by atoms with E-state index in [4.69, 9.17) is 4.74 Å². The molecule has 4 atom stereocenters. The van der Waals surface area contributed by atoms with E-state index in [0.717, 1.165) is 30.4 Å². The number of nitrogens with one attached hydrogen (secondary N) is 2. The van der Waals surface area contributed by atoms with Crippen molar-refractivity contribution in [2.24, 2.45) is 17.8 Å². The zero-order chi connectivity index (χ0) is 19.2. The lowest BCUT2D eigenvalue weighted by molar-refractivity contribution is -0.121. The van der Waals surface area contributed by atoms with Crippen molar-refractivity contribution in [2.75, 3.05) is 13.2 Å². The molecule has 4 unspecified atom stereocenters. The monoisotopic (exact) mass is 372 g/mol. The Morgan fingerprint density at radius 3 is 2.59 bits per heavy atom. The van der Waals surface area contributed by atoms with Crippen molar-refractivity contribution < 1.29 is 14.3 Å². The highest BCUT2D eigenvalue weighted by Gasteiger charge is 2.42. The molecule has 2 fully saturated rings. The SMILES string of the molecule is CCCCOc1ccc(C(=O)NCC(=O)NC(C)C2CC3CCC2C3)cc1. The normalized spacial score (nSPS) is 24.4. The van der Waals surface area contributed by atoms with Gasteiger partial charge in [0, 0.05) is 11.6 Å². The van der Waals surface area contributed by atoms with E-state index >= 15 is 0 Å². The summed E-state index contributed by atoms with van der Waals surface area (Å²) in [5, 5.41) is 5.79. The molecule has 2 aliphatic carbocycles. The molecule has 148 valence electrons. The number of ether oxygens (including phenoxy) is 1. The Morgan fingerprint density at radius 2 is 1.96 bits per heavy atom. The molecule has 1 aromatic rings. The van der Waals surface area contributed by atoms with E-state index in [1.807, 2.05) is 0 Å². The van der Waals surface area contributed by atoms with Crippen LogP contribution in [0, 0.1) is 17.8 Å². The molecule has 27 heavy (non-hydrogen) atoms. The lowest BCUT2D eigenvalue weighted by Gasteiger charge is -2.28. The maximum absolute atomic E-state index is 12.2. The van der Waals surface area contributed by atoms with Crippen LogP contribution >= 0.6 is 0 Å². The number of benzene rings is 1. The van der Waals surface area contributed by atoms with Crippen LogP contribution in [0.25, 0.3) is 0 Å². The number of carbonyl (C=O) groups excluding carboxylic acids is 2. The van der Waals surface area contributed by atoms with Crippen molar-refractivity contribution in [3.8, 4) is 5.75 Å². The van der Waals surface area contributed by atoms with Gasteiger partial charge >= 0.3 is 0 Å². The third-order valence-electron chi connectivity index (χ3n) is 6.12. The number of unbranched alkanes of at least 4 members (excludes halogenated alkanes) is 1. The summed E-state index contributed by atoms with van der Waals surface area (Å²) >= 11 is 0. The Bertz CT molecular complexity index is 643. The molecular weight excluding hydrogens is 340 g/mol. The Morgan fingerprint density at radius 1 is 1.19 bits per heavy atom. The average molecular weight is 373 g/mol. The van der Waals surface area contributed by atoms with Crippen LogP contribution < -0.4 is 15.4 Å². The molecule has 5 heteroatoms. The van der Waals surface area contributed by atoms with E-state index in [0.29, 0.717) is 18.1 Å². The number of hydrogen-bond donors (Lipinski definition) is 2. The van der Waals surface area contributed by atoms with Gasteiger partial charge < -0.3 is 15.4 Å². The molecular formula is C22H32N2O3. The predicted octanol–water partition coefficient (Wildman–Crippen LogP) is 3.54. The third-order valence-corrected chi connectivity index (χ3v) is 6.12. The minimum Gasteiger partial charge on any atom is -0.494 e. The quantitative estimate of drug-likeness (QED) is 0.652. The van der Waals surface area contributed by atoms with Gasteiger partial charge in [-0.1, -0.05) is 19.8 Å². The Kier molecular flexibility index (Phi) is 6.75. The van der Waals surface area contributed by atoms with E-state index in [1.54, 1.807) is 24.3 Å². The minimum absolute atomic E-state index is 0.0126. The van der Waals surface area contributed by atoms with Crippen LogP contribution in [0.2, 0.25) is 0 Å². The molecule has 2 amide bonds. The first-order valence-electron chi connectivity index (χ1n) is 10.4. The van der Waals surface area contributed by atoms with Crippen LogP contribution in [0.5, 0.6) is 5.75 Å². The maximum Gasteiger partial charge on any atom is 0.251 e. The first kappa shape index (κ1) is 19.7. The van der Waals surface area contributed by atoms with Gasteiger partial charge in [-0.2, -0.15) is 0 Å². The fraction of sp³-hybridized carbons (Fsp3) is 0.636. The molecule has 2 bridgehead atoms. The number of carbonyl (C=O) groups is 2. The van der Waals surface area contributed by atoms with Gasteiger partial charge in [0.2, 0.25) is 5.91 Å². The van der Waals surface area contributed by atoms with Gasteiger partial charge in [-0.05, 0) is 74.6 Å². The van der Waals surface area contributed by atoms with Gasteiger partial charge in [0.1, 0.15) is 5.75 Å². The van der Waals surface area contributed by atoms with Crippen molar-refractivity contribution in [3.05, 3.63) is 29.8 Å². The van der Waals surface area contributed by atoms with Gasteiger partial charge in [-0.15, -0.1) is 0 Å². The third kappa shape index (κ3) is 5.24. The highest BCUT2D eigenvalue weighted by Crippen LogP contribution is 2.49. The average Bonchev–Trinajstić information content (AvgIpc) is 3.30. The van der Waals surface area contributed by atoms with E-state index in [2.05, 4.69) is 24.5 Å². The highest BCUT2D eigenvalue weighted by molar-refractivity contribution is 5.96. The molecule has 0 radical (unpaired) electrons. The van der Waals surface area contributed by atoms with Crippen molar-refractivity contribution in [3.63, 3.8) is 0 Å². The van der Waals surface area contributed by atoms with Gasteiger partial charge in [-0.3, -0.25) is 9.59 Å². The van der Waals surface area contributed by atoms with Gasteiger partial charge in [0.15, 0.2) is 0 Å². The standard InChI is InChI=1S/C22H32N2O3/c1-3-4-11-27-19-9-7-17(8-10-19)22(26)23-14-21(25)24-15(2)20-13-16-5-6-18(20)12-16/h7-10,15-16,18,20H,3-6,11-14H2,1-2H3,(H,23,26)(H,24,25). The van der Waals surface area contributed by atoms with Crippen molar-refractivity contribution >= 4 is 11.8 Å². The maximum atomic E-state index is 12.2. The number of amides is 2. The largest absolute Gasteiger partial charge is 0.494 e. The molecule has 3 rings (SSSR count). The van der Waals surface area contributed by atoms with Gasteiger partial charge in [0.25, 0.3) is 5.91 Å². The molecule has 0 aromatic heterocycles. The van der Waals surface area contributed by atoms with Crippen LogP contribution in [0.3, 0.4) is 0 Å². The predicted molar refractivity (Wildman–Crippen MR) is 106 cm³/mol. The molecule has 0 spiro atoms. The van der Waals surface area contributed by atoms with E-state index in [9.17, 15) is 9.59 Å². The van der Waals surface area contributed by atoms with E-state index < -0.39 is 0 Å². The molecule has 2 saturated carbocycles. The van der Waals surface area contributed by atoms with Crippen molar-refractivity contribution in [1.29, 1.82) is 0 Å². The van der Waals surface area contributed by atoms with Crippen molar-refractivity contribution in [1.82, 2.24) is 10.6 Å². The lowest BCUT2D eigenvalue weighted by atomic mass is 9.84. The summed E-state index contributed by atoms with van der Waals surface area (Å²) in [6.07, 6.45) is 7.34. The lowest BCUT2D eigenvalue weighted by Crippen LogP contribution is -2.44. The number of rotatable bonds is 9. The molecule has 2 aliphatic rings. The summed E-state index contributed by atoms with van der Waals surface area (Å²) < 4.78 is 5.60. The van der Waals surface area contributed by atoms with Crippen LogP contribution in [-0.2, 0) is 4.79 Å². The van der Waals surface area contributed by atoms with Crippen LogP contribution in [0.4, 0.5) is 0 Å². The summed E-state index contributed by atoms with van der Waals surface area (Å²) in [5.74, 6) is 2.66. The summed E-state index contributed by atoms with van der Waals surface area (Å²) in [7, 11) is 0. The number of fused-ring (bicyclic) bond motifs is 2. The first-order valence-corrected chi connectivity index (χ1v) is 10.4. The second-order valence-corrected chi connectivity index (χ2v) is 8.10. The smallest absolute Gasteiger partial charge is 0.251 e. The number of hydrogen-bond acceptors (Lipinski definition) is 3. The molecule has 0 heterocycles. The highest BCUT2D eigenvalue weighted by atomic mass is 16.5. The van der Waals surface area contributed by atoms with Crippen LogP contribution in [0.15, 0.2) is 24.3 Å². The molecule has 2 N–H and O–H groups in total. The topological polar surface area (TPSA) is 67.4 Å².